The number of aliphatic hydroxyl groups excluding tert-OH is 2. The van der Waals surface area contributed by atoms with Crippen molar-refractivity contribution in [2.45, 2.75) is 251 Å². The number of carbonyl (C=O) groups is 2. The first kappa shape index (κ1) is 64.3. The van der Waals surface area contributed by atoms with Gasteiger partial charge in [0.15, 0.2) is 0 Å². The van der Waals surface area contributed by atoms with Crippen molar-refractivity contribution in [2.24, 2.45) is 0 Å². The van der Waals surface area contributed by atoms with Gasteiger partial charge in [-0.3, -0.25) is 9.59 Å². The summed E-state index contributed by atoms with van der Waals surface area (Å²) < 4.78 is 5.91. The number of nitrogens with one attached hydrogen (secondary N) is 1. The number of amides is 1. The van der Waals surface area contributed by atoms with Crippen LogP contribution in [0, 0.1) is 0 Å². The van der Waals surface area contributed by atoms with E-state index in [9.17, 15) is 19.8 Å². The first-order chi connectivity index (χ1) is 33.5. The Hall–Kier alpha value is -3.74. The highest BCUT2D eigenvalue weighted by Crippen LogP contribution is 2.16. The molecule has 0 saturated carbocycles. The average molecular weight is 943 g/mol. The van der Waals surface area contributed by atoms with Gasteiger partial charge < -0.3 is 20.3 Å². The molecule has 0 radical (unpaired) electrons. The van der Waals surface area contributed by atoms with Crippen molar-refractivity contribution >= 4 is 11.9 Å². The van der Waals surface area contributed by atoms with Crippen LogP contribution in [0.25, 0.3) is 0 Å². The minimum absolute atomic E-state index is 0.0173. The summed E-state index contributed by atoms with van der Waals surface area (Å²) in [6.07, 6.45) is 75.5. The van der Waals surface area contributed by atoms with Crippen molar-refractivity contribution in [1.82, 2.24) is 5.32 Å². The smallest absolute Gasteiger partial charge is 0.306 e. The molecule has 0 rings (SSSR count). The molecule has 3 atom stereocenters. The fourth-order valence-electron chi connectivity index (χ4n) is 7.66. The third-order valence-electron chi connectivity index (χ3n) is 11.8. The normalized spacial score (nSPS) is 14.1. The van der Waals surface area contributed by atoms with Crippen LogP contribution < -0.4 is 5.32 Å². The maximum absolute atomic E-state index is 13.2. The van der Waals surface area contributed by atoms with Crippen molar-refractivity contribution in [2.75, 3.05) is 6.61 Å². The lowest BCUT2D eigenvalue weighted by Gasteiger charge is -2.24. The van der Waals surface area contributed by atoms with E-state index in [2.05, 4.69) is 148 Å². The van der Waals surface area contributed by atoms with Gasteiger partial charge in [0.05, 0.1) is 25.2 Å². The molecule has 0 aromatic heterocycles. The minimum Gasteiger partial charge on any atom is -0.462 e. The van der Waals surface area contributed by atoms with Crippen LogP contribution in [0.3, 0.4) is 0 Å². The molecule has 0 spiro atoms. The summed E-state index contributed by atoms with van der Waals surface area (Å²) in [6, 6.07) is -0.736. The van der Waals surface area contributed by atoms with Crippen LogP contribution in [-0.4, -0.2) is 46.9 Å². The Kier molecular flexibility index (Phi) is 51.2. The van der Waals surface area contributed by atoms with Gasteiger partial charge in [0, 0.05) is 6.42 Å². The number of ether oxygens (including phenoxy) is 1. The molecule has 0 aliphatic rings. The molecule has 0 aliphatic heterocycles. The standard InChI is InChI=1S/C62H103NO5/c1-4-7-10-13-16-19-22-25-27-29-30-32-34-37-40-43-46-49-52-55-62(67)68-58(53-50-47-44-41-38-36-33-31-28-26-23-20-17-14-11-8-5-2)56-61(66)63-59(57-64)60(65)54-51-48-45-42-39-35-24-21-18-15-12-9-6-3/h7-8,10-11,16-17,19-20,25-28,30,32-33,36-37,40-41,44,58-60,64-65H,4-6,9,12-15,18,21-24,29,31,34-35,38-39,42-43,45-57H2,1-3H3,(H,63,66)/b10-7-,11-8-,19-16-,20-17-,27-25-,28-26-,32-30-,36-33-,40-37-,44-41-. The first-order valence-corrected chi connectivity index (χ1v) is 27.8. The molecule has 68 heavy (non-hydrogen) atoms. The second-order valence-corrected chi connectivity index (χ2v) is 18.2. The van der Waals surface area contributed by atoms with Gasteiger partial charge in [-0.05, 0) is 109 Å². The molecule has 0 bridgehead atoms. The summed E-state index contributed by atoms with van der Waals surface area (Å²) in [5.74, 6) is -0.577. The van der Waals surface area contributed by atoms with Gasteiger partial charge in [-0.25, -0.2) is 0 Å². The van der Waals surface area contributed by atoms with E-state index in [1.807, 2.05) is 0 Å². The Bertz CT molecular complexity index is 1430. The molecular weight excluding hydrogens is 839 g/mol. The molecule has 0 aromatic carbocycles. The first-order valence-electron chi connectivity index (χ1n) is 27.8. The van der Waals surface area contributed by atoms with Crippen LogP contribution in [0.5, 0.6) is 0 Å². The highest BCUT2D eigenvalue weighted by molar-refractivity contribution is 5.77. The molecule has 386 valence electrons. The molecule has 0 fully saturated rings. The number of unbranched alkanes of at least 4 members (excludes halogenated alkanes) is 16. The molecule has 0 aromatic rings. The lowest BCUT2D eigenvalue weighted by atomic mass is 10.0. The van der Waals surface area contributed by atoms with E-state index in [0.29, 0.717) is 19.3 Å². The Morgan fingerprint density at radius 3 is 1.22 bits per heavy atom. The predicted molar refractivity (Wildman–Crippen MR) is 296 cm³/mol. The highest BCUT2D eigenvalue weighted by Gasteiger charge is 2.24. The van der Waals surface area contributed by atoms with Crippen LogP contribution in [0.1, 0.15) is 233 Å². The second kappa shape index (κ2) is 54.2. The Morgan fingerprint density at radius 1 is 0.441 bits per heavy atom. The summed E-state index contributed by atoms with van der Waals surface area (Å²) in [7, 11) is 0. The summed E-state index contributed by atoms with van der Waals surface area (Å²) in [5, 5.41) is 23.8. The maximum atomic E-state index is 13.2. The molecule has 6 heteroatoms. The predicted octanol–water partition coefficient (Wildman–Crippen LogP) is 17.2. The topological polar surface area (TPSA) is 95.9 Å². The van der Waals surface area contributed by atoms with E-state index >= 15 is 0 Å². The second-order valence-electron chi connectivity index (χ2n) is 18.2. The molecule has 0 heterocycles. The van der Waals surface area contributed by atoms with Crippen LogP contribution in [-0.2, 0) is 14.3 Å². The third-order valence-corrected chi connectivity index (χ3v) is 11.8. The third kappa shape index (κ3) is 48.7. The number of allylic oxidation sites excluding steroid dienone is 20. The lowest BCUT2D eigenvalue weighted by Crippen LogP contribution is -2.46. The highest BCUT2D eigenvalue weighted by atomic mass is 16.5. The zero-order chi connectivity index (χ0) is 49.5. The largest absolute Gasteiger partial charge is 0.462 e. The van der Waals surface area contributed by atoms with Gasteiger partial charge in [-0.1, -0.05) is 232 Å². The SMILES string of the molecule is CC/C=C\C/C=C\C/C=C\C/C=C\C/C=C\CCCCCC(=O)OC(CCC/C=C\C/C=C\C/C=C\C/C=C\C/C=C\CC)CC(=O)NC(CO)C(O)CCCCCCCCCCCCCCC. The monoisotopic (exact) mass is 942 g/mol. The maximum Gasteiger partial charge on any atom is 0.306 e. The molecule has 3 unspecified atom stereocenters. The zero-order valence-electron chi connectivity index (χ0n) is 43.9. The Balaban J connectivity index is 4.77. The van der Waals surface area contributed by atoms with E-state index in [1.165, 1.54) is 64.2 Å². The minimum atomic E-state index is -0.817. The Labute approximate surface area is 419 Å². The van der Waals surface area contributed by atoms with Gasteiger partial charge in [-0.2, -0.15) is 0 Å². The van der Waals surface area contributed by atoms with Gasteiger partial charge in [0.25, 0.3) is 0 Å². The van der Waals surface area contributed by atoms with Crippen LogP contribution in [0.4, 0.5) is 0 Å². The summed E-state index contributed by atoms with van der Waals surface area (Å²) in [4.78, 5) is 26.2. The van der Waals surface area contributed by atoms with Gasteiger partial charge in [-0.15, -0.1) is 0 Å². The van der Waals surface area contributed by atoms with Crippen molar-refractivity contribution in [1.29, 1.82) is 0 Å². The van der Waals surface area contributed by atoms with Gasteiger partial charge in [0.1, 0.15) is 6.10 Å². The number of rotatable bonds is 48. The molecule has 6 nitrogen and oxygen atoms in total. The van der Waals surface area contributed by atoms with E-state index < -0.39 is 18.2 Å². The van der Waals surface area contributed by atoms with Crippen molar-refractivity contribution < 1.29 is 24.5 Å². The number of esters is 1. The van der Waals surface area contributed by atoms with Crippen molar-refractivity contribution in [3.63, 3.8) is 0 Å². The fourth-order valence-corrected chi connectivity index (χ4v) is 7.66. The number of hydrogen-bond donors (Lipinski definition) is 3. The average Bonchev–Trinajstić information content (AvgIpc) is 3.33. The van der Waals surface area contributed by atoms with E-state index in [4.69, 9.17) is 4.74 Å². The summed E-state index contributed by atoms with van der Waals surface area (Å²) in [5.41, 5.74) is 0. The summed E-state index contributed by atoms with van der Waals surface area (Å²) >= 11 is 0. The van der Waals surface area contributed by atoms with Crippen molar-refractivity contribution in [3.8, 4) is 0 Å². The van der Waals surface area contributed by atoms with Crippen LogP contribution in [0.2, 0.25) is 0 Å². The molecule has 1 amide bonds. The quantitative estimate of drug-likeness (QED) is 0.0321. The number of aliphatic hydroxyl groups is 2. The van der Waals surface area contributed by atoms with Crippen LogP contribution in [0.15, 0.2) is 122 Å². The van der Waals surface area contributed by atoms with E-state index in [0.717, 1.165) is 122 Å². The van der Waals surface area contributed by atoms with Gasteiger partial charge in [0.2, 0.25) is 5.91 Å². The van der Waals surface area contributed by atoms with E-state index in [-0.39, 0.29) is 24.9 Å². The molecular formula is C62H103NO5. The fraction of sp³-hybridized carbons (Fsp3) is 0.645. The zero-order valence-corrected chi connectivity index (χ0v) is 43.9. The number of carbonyl (C=O) groups excluding carboxylic acids is 2. The van der Waals surface area contributed by atoms with Crippen molar-refractivity contribution in [3.05, 3.63) is 122 Å². The lowest BCUT2D eigenvalue weighted by molar-refractivity contribution is -0.151. The summed E-state index contributed by atoms with van der Waals surface area (Å²) in [6.45, 7) is 6.23. The van der Waals surface area contributed by atoms with E-state index in [1.54, 1.807) is 0 Å². The molecule has 3 N–H and O–H groups in total. The Morgan fingerprint density at radius 2 is 0.809 bits per heavy atom. The molecule has 0 aliphatic carbocycles. The van der Waals surface area contributed by atoms with Gasteiger partial charge >= 0.3 is 5.97 Å². The molecule has 0 saturated heterocycles. The van der Waals surface area contributed by atoms with Crippen LogP contribution >= 0.6 is 0 Å². The number of hydrogen-bond acceptors (Lipinski definition) is 5.